The van der Waals surface area contributed by atoms with Gasteiger partial charge in [-0.05, 0) is 28.0 Å². The highest BCUT2D eigenvalue weighted by molar-refractivity contribution is 6.02. The summed E-state index contributed by atoms with van der Waals surface area (Å²) in [4.78, 5) is 23.6. The zero-order chi connectivity index (χ0) is 16.4. The first-order chi connectivity index (χ1) is 11.1. The molecule has 0 heterocycles. The second-order valence-corrected chi connectivity index (χ2v) is 5.24. The molecule has 0 amide bonds. The molecule has 0 fully saturated rings. The molecule has 2 N–H and O–H groups in total. The molecule has 3 rings (SSSR count). The topological polar surface area (TPSA) is 74.6 Å². The number of benzene rings is 3. The molecule has 1 atom stereocenters. The third kappa shape index (κ3) is 2.66. The van der Waals surface area contributed by atoms with Crippen molar-refractivity contribution in [1.82, 2.24) is 0 Å². The van der Waals surface area contributed by atoms with Gasteiger partial charge in [-0.25, -0.2) is 4.79 Å². The Balaban J connectivity index is 2.37. The number of rotatable bonds is 4. The minimum atomic E-state index is -1.13. The Labute approximate surface area is 132 Å². The monoisotopic (exact) mass is 306 g/mol. The van der Waals surface area contributed by atoms with Crippen molar-refractivity contribution in [3.8, 4) is 0 Å². The van der Waals surface area contributed by atoms with Gasteiger partial charge in [0.1, 0.15) is 5.92 Å². The largest absolute Gasteiger partial charge is 0.481 e. The Morgan fingerprint density at radius 3 is 2.09 bits per heavy atom. The molecule has 4 nitrogen and oxygen atoms in total. The smallest absolute Gasteiger partial charge is 0.336 e. The maximum Gasteiger partial charge on any atom is 0.336 e. The van der Waals surface area contributed by atoms with Crippen LogP contribution in [0.3, 0.4) is 0 Å². The third-order valence-electron chi connectivity index (χ3n) is 3.87. The first kappa shape index (κ1) is 14.8. The quantitative estimate of drug-likeness (QED) is 0.769. The minimum absolute atomic E-state index is 0.0138. The Hall–Kier alpha value is -3.14. The van der Waals surface area contributed by atoms with Crippen LogP contribution in [0.25, 0.3) is 10.8 Å². The average Bonchev–Trinajstić information content (AvgIpc) is 2.55. The molecule has 0 saturated heterocycles. The van der Waals surface area contributed by atoms with Crippen molar-refractivity contribution in [3.63, 3.8) is 0 Å². The highest BCUT2D eigenvalue weighted by atomic mass is 16.4. The van der Waals surface area contributed by atoms with Gasteiger partial charge in [-0.15, -0.1) is 0 Å². The predicted octanol–water partition coefficient (Wildman–Crippen LogP) is 3.75. The maximum absolute atomic E-state index is 11.9. The molecule has 1 unspecified atom stereocenters. The van der Waals surface area contributed by atoms with E-state index in [1.165, 1.54) is 6.07 Å². The van der Waals surface area contributed by atoms with Crippen LogP contribution in [0, 0.1) is 0 Å². The highest BCUT2D eigenvalue weighted by Gasteiger charge is 2.28. The minimum Gasteiger partial charge on any atom is -0.481 e. The van der Waals surface area contributed by atoms with E-state index >= 15 is 0 Å². The van der Waals surface area contributed by atoms with Crippen LogP contribution < -0.4 is 0 Å². The number of carbonyl (C=O) groups is 2. The Kier molecular flexibility index (Phi) is 3.81. The first-order valence-electron chi connectivity index (χ1n) is 7.12. The lowest BCUT2D eigenvalue weighted by molar-refractivity contribution is -0.137. The molecular formula is C19H14O4. The zero-order valence-electron chi connectivity index (χ0n) is 12.1. The molecule has 0 aliphatic carbocycles. The van der Waals surface area contributed by atoms with Gasteiger partial charge in [-0.3, -0.25) is 4.79 Å². The van der Waals surface area contributed by atoms with Gasteiger partial charge in [-0.1, -0.05) is 60.7 Å². The summed E-state index contributed by atoms with van der Waals surface area (Å²) < 4.78 is 0. The SMILES string of the molecule is O=C(O)c1ccc2ccccc2c1C(C(=O)O)c1ccccc1. The Bertz CT molecular complexity index is 884. The number of carboxylic acid groups (broad SMARTS) is 2. The molecule has 3 aromatic rings. The summed E-state index contributed by atoms with van der Waals surface area (Å²) in [6, 6.07) is 19.1. The van der Waals surface area contributed by atoms with E-state index in [1.807, 2.05) is 12.1 Å². The van der Waals surface area contributed by atoms with Crippen LogP contribution in [0.4, 0.5) is 0 Å². The average molecular weight is 306 g/mol. The third-order valence-corrected chi connectivity index (χ3v) is 3.87. The molecule has 114 valence electrons. The van der Waals surface area contributed by atoms with Crippen LogP contribution >= 0.6 is 0 Å². The lowest BCUT2D eigenvalue weighted by atomic mass is 9.84. The second kappa shape index (κ2) is 5.93. The summed E-state index contributed by atoms with van der Waals surface area (Å²) in [7, 11) is 0. The lowest BCUT2D eigenvalue weighted by Gasteiger charge is -2.18. The van der Waals surface area contributed by atoms with Gasteiger partial charge >= 0.3 is 11.9 Å². The van der Waals surface area contributed by atoms with Gasteiger partial charge < -0.3 is 10.2 Å². The molecule has 3 aromatic carbocycles. The molecule has 0 aromatic heterocycles. The molecule has 0 aliphatic heterocycles. The summed E-state index contributed by atoms with van der Waals surface area (Å²) >= 11 is 0. The van der Waals surface area contributed by atoms with Crippen molar-refractivity contribution in [2.75, 3.05) is 0 Å². The fraction of sp³-hybridized carbons (Fsp3) is 0.0526. The fourth-order valence-electron chi connectivity index (χ4n) is 2.87. The van der Waals surface area contributed by atoms with Crippen molar-refractivity contribution in [1.29, 1.82) is 0 Å². The van der Waals surface area contributed by atoms with E-state index < -0.39 is 17.9 Å². The molecular weight excluding hydrogens is 292 g/mol. The van der Waals surface area contributed by atoms with Crippen LogP contribution in [-0.4, -0.2) is 22.2 Å². The van der Waals surface area contributed by atoms with E-state index in [1.54, 1.807) is 48.5 Å². The summed E-state index contributed by atoms with van der Waals surface area (Å²) in [6.45, 7) is 0. The zero-order valence-corrected chi connectivity index (χ0v) is 12.1. The highest BCUT2D eigenvalue weighted by Crippen LogP contribution is 2.34. The number of aliphatic carboxylic acids is 1. The summed E-state index contributed by atoms with van der Waals surface area (Å²) in [5.74, 6) is -3.24. The van der Waals surface area contributed by atoms with Crippen molar-refractivity contribution in [2.45, 2.75) is 5.92 Å². The van der Waals surface area contributed by atoms with Crippen LogP contribution in [0.15, 0.2) is 66.7 Å². The van der Waals surface area contributed by atoms with Crippen LogP contribution in [0.1, 0.15) is 27.4 Å². The number of hydrogen-bond acceptors (Lipinski definition) is 2. The standard InChI is InChI=1S/C19H14O4/c20-18(21)15-11-10-12-6-4-5-9-14(12)17(15)16(19(22)23)13-7-2-1-3-8-13/h1-11,16H,(H,20,21)(H,22,23). The molecule has 0 aliphatic rings. The van der Waals surface area contributed by atoms with E-state index in [0.29, 0.717) is 16.5 Å². The van der Waals surface area contributed by atoms with Crippen molar-refractivity contribution in [2.24, 2.45) is 0 Å². The molecule has 0 saturated carbocycles. The molecule has 23 heavy (non-hydrogen) atoms. The molecule has 0 bridgehead atoms. The van der Waals surface area contributed by atoms with Gasteiger partial charge in [0.15, 0.2) is 0 Å². The number of aromatic carboxylic acids is 1. The van der Waals surface area contributed by atoms with Gasteiger partial charge in [-0.2, -0.15) is 0 Å². The summed E-state index contributed by atoms with van der Waals surface area (Å²) in [5.41, 5.74) is 0.883. The molecule has 0 spiro atoms. The van der Waals surface area contributed by atoms with Crippen molar-refractivity contribution < 1.29 is 19.8 Å². The van der Waals surface area contributed by atoms with Crippen LogP contribution in [-0.2, 0) is 4.79 Å². The van der Waals surface area contributed by atoms with E-state index in [-0.39, 0.29) is 5.56 Å². The number of hydrogen-bond donors (Lipinski definition) is 2. The summed E-state index contributed by atoms with van der Waals surface area (Å²) in [6.07, 6.45) is 0. The number of fused-ring (bicyclic) bond motifs is 1. The van der Waals surface area contributed by atoms with Crippen molar-refractivity contribution >= 4 is 22.7 Å². The van der Waals surface area contributed by atoms with Gasteiger partial charge in [0.05, 0.1) is 5.56 Å². The fourth-order valence-corrected chi connectivity index (χ4v) is 2.87. The second-order valence-electron chi connectivity index (χ2n) is 5.24. The lowest BCUT2D eigenvalue weighted by Crippen LogP contribution is -2.17. The Morgan fingerprint density at radius 1 is 0.783 bits per heavy atom. The summed E-state index contributed by atoms with van der Waals surface area (Å²) in [5, 5.41) is 20.7. The Morgan fingerprint density at radius 2 is 1.43 bits per heavy atom. The molecule has 0 radical (unpaired) electrons. The molecule has 4 heteroatoms. The van der Waals surface area contributed by atoms with E-state index in [0.717, 1.165) is 5.39 Å². The first-order valence-corrected chi connectivity index (χ1v) is 7.12. The van der Waals surface area contributed by atoms with Gasteiger partial charge in [0.25, 0.3) is 0 Å². The van der Waals surface area contributed by atoms with Crippen LogP contribution in [0.2, 0.25) is 0 Å². The number of carboxylic acids is 2. The van der Waals surface area contributed by atoms with E-state index in [2.05, 4.69) is 0 Å². The van der Waals surface area contributed by atoms with Gasteiger partial charge in [0.2, 0.25) is 0 Å². The van der Waals surface area contributed by atoms with Crippen molar-refractivity contribution in [3.05, 3.63) is 83.4 Å². The van der Waals surface area contributed by atoms with E-state index in [9.17, 15) is 19.8 Å². The maximum atomic E-state index is 11.9. The predicted molar refractivity (Wildman–Crippen MR) is 86.8 cm³/mol. The van der Waals surface area contributed by atoms with Crippen LogP contribution in [0.5, 0.6) is 0 Å². The van der Waals surface area contributed by atoms with E-state index in [4.69, 9.17) is 0 Å². The normalized spacial score (nSPS) is 12.0. The van der Waals surface area contributed by atoms with Gasteiger partial charge in [0, 0.05) is 0 Å².